The Morgan fingerprint density at radius 3 is 2.35 bits per heavy atom. The minimum Gasteiger partial charge on any atom is -0.469 e. The normalized spacial score (nSPS) is 14.4. The Hall–Kier alpha value is -2.59. The molecular weight excluding hydrogens is 446 g/mol. The van der Waals surface area contributed by atoms with E-state index in [1.54, 1.807) is 24.3 Å². The highest BCUT2D eigenvalue weighted by Gasteiger charge is 2.35. The molecule has 0 amide bonds. The maximum Gasteiger partial charge on any atom is 0.311 e. The number of rotatable bonds is 8. The Morgan fingerprint density at radius 2 is 1.79 bits per heavy atom. The third-order valence-corrected chi connectivity index (χ3v) is 7.46. The SMILES string of the molecule is COC(=O)C(C)(C)Cc1c(C(=O)c2ccc(Cl)cc2)c2ccc(C(C)C)cc2n1CC1CCC1. The van der Waals surface area contributed by atoms with Gasteiger partial charge in [0.05, 0.1) is 18.1 Å². The van der Waals surface area contributed by atoms with Crippen molar-refractivity contribution in [3.8, 4) is 0 Å². The first kappa shape index (κ1) is 24.5. The predicted octanol–water partition coefficient (Wildman–Crippen LogP) is 7.19. The van der Waals surface area contributed by atoms with E-state index < -0.39 is 5.41 Å². The molecule has 1 aromatic heterocycles. The smallest absolute Gasteiger partial charge is 0.311 e. The molecule has 0 atom stereocenters. The molecular formula is C29H34ClNO3. The monoisotopic (exact) mass is 479 g/mol. The van der Waals surface area contributed by atoms with Crippen LogP contribution in [0, 0.1) is 11.3 Å². The topological polar surface area (TPSA) is 48.3 Å². The number of hydrogen-bond acceptors (Lipinski definition) is 3. The van der Waals surface area contributed by atoms with Gasteiger partial charge in [0.1, 0.15) is 0 Å². The second-order valence-electron chi connectivity index (χ2n) is 10.5. The number of ether oxygens (including phenoxy) is 1. The third-order valence-electron chi connectivity index (χ3n) is 7.21. The van der Waals surface area contributed by atoms with E-state index in [1.807, 2.05) is 13.8 Å². The van der Waals surface area contributed by atoms with Gasteiger partial charge in [0.15, 0.2) is 5.78 Å². The Morgan fingerprint density at radius 1 is 1.12 bits per heavy atom. The molecule has 0 unspecified atom stereocenters. The zero-order valence-corrected chi connectivity index (χ0v) is 21.5. The van der Waals surface area contributed by atoms with E-state index in [4.69, 9.17) is 16.3 Å². The maximum absolute atomic E-state index is 13.9. The van der Waals surface area contributed by atoms with Crippen molar-refractivity contribution in [3.05, 3.63) is 69.9 Å². The fourth-order valence-corrected chi connectivity index (χ4v) is 5.00. The summed E-state index contributed by atoms with van der Waals surface area (Å²) in [6, 6.07) is 13.5. The van der Waals surface area contributed by atoms with Gasteiger partial charge in [-0.05, 0) is 74.4 Å². The fraction of sp³-hybridized carbons (Fsp3) is 0.448. The lowest BCUT2D eigenvalue weighted by Crippen LogP contribution is -2.30. The molecule has 5 heteroatoms. The number of nitrogens with zero attached hydrogens (tertiary/aromatic N) is 1. The zero-order chi connectivity index (χ0) is 24.6. The lowest BCUT2D eigenvalue weighted by Gasteiger charge is -2.29. The molecule has 0 aliphatic heterocycles. The highest BCUT2D eigenvalue weighted by Crippen LogP contribution is 2.38. The molecule has 1 fully saturated rings. The number of methoxy groups -OCH3 is 1. The average molecular weight is 480 g/mol. The zero-order valence-electron chi connectivity index (χ0n) is 20.8. The van der Waals surface area contributed by atoms with E-state index in [-0.39, 0.29) is 11.8 Å². The van der Waals surface area contributed by atoms with Crippen LogP contribution in [0.3, 0.4) is 0 Å². The van der Waals surface area contributed by atoms with Gasteiger partial charge in [-0.25, -0.2) is 0 Å². The summed E-state index contributed by atoms with van der Waals surface area (Å²) < 4.78 is 7.43. The Labute approximate surface area is 207 Å². The quantitative estimate of drug-likeness (QED) is 0.253. The third kappa shape index (κ3) is 4.65. The number of carbonyl (C=O) groups excluding carboxylic acids is 2. The number of ketones is 1. The number of halogens is 1. The minimum atomic E-state index is -0.767. The molecule has 1 aliphatic rings. The Balaban J connectivity index is 1.97. The number of fused-ring (bicyclic) bond motifs is 1. The van der Waals surface area contributed by atoms with E-state index in [0.717, 1.165) is 23.1 Å². The van der Waals surface area contributed by atoms with Gasteiger partial charge in [-0.3, -0.25) is 9.59 Å². The lowest BCUT2D eigenvalue weighted by atomic mass is 9.84. The Kier molecular flexibility index (Phi) is 6.91. The molecule has 34 heavy (non-hydrogen) atoms. The summed E-state index contributed by atoms with van der Waals surface area (Å²) in [7, 11) is 1.42. The number of esters is 1. The standard InChI is InChI=1S/C29H34ClNO3/c1-18(2)21-11-14-23-24(15-21)31(17-19-7-6-8-19)25(16-29(3,4)28(33)34-5)26(23)27(32)20-9-12-22(30)13-10-20/h9-15,18-19H,6-8,16-17H2,1-5H3. The number of benzene rings is 2. The fourth-order valence-electron chi connectivity index (χ4n) is 4.87. The molecule has 0 N–H and O–H groups in total. The van der Waals surface area contributed by atoms with Gasteiger partial charge in [0, 0.05) is 40.1 Å². The van der Waals surface area contributed by atoms with Crippen molar-refractivity contribution < 1.29 is 14.3 Å². The summed E-state index contributed by atoms with van der Waals surface area (Å²) in [6.07, 6.45) is 4.07. The van der Waals surface area contributed by atoms with Gasteiger partial charge in [-0.1, -0.05) is 44.0 Å². The van der Waals surface area contributed by atoms with Crippen LogP contribution in [0.4, 0.5) is 0 Å². The largest absolute Gasteiger partial charge is 0.469 e. The average Bonchev–Trinajstić information content (AvgIpc) is 3.06. The first-order valence-electron chi connectivity index (χ1n) is 12.2. The van der Waals surface area contributed by atoms with Gasteiger partial charge < -0.3 is 9.30 Å². The van der Waals surface area contributed by atoms with Crippen LogP contribution in [0.15, 0.2) is 42.5 Å². The van der Waals surface area contributed by atoms with Crippen molar-refractivity contribution in [1.29, 1.82) is 0 Å². The van der Waals surface area contributed by atoms with Gasteiger partial charge in [0.2, 0.25) is 0 Å². The van der Waals surface area contributed by atoms with E-state index >= 15 is 0 Å². The van der Waals surface area contributed by atoms with Crippen molar-refractivity contribution in [2.75, 3.05) is 7.11 Å². The van der Waals surface area contributed by atoms with Crippen molar-refractivity contribution in [1.82, 2.24) is 4.57 Å². The maximum atomic E-state index is 13.9. The van der Waals surface area contributed by atoms with Crippen LogP contribution in [0.2, 0.25) is 5.02 Å². The summed E-state index contributed by atoms with van der Waals surface area (Å²) in [5.74, 6) is 0.654. The highest BCUT2D eigenvalue weighted by atomic mass is 35.5. The van der Waals surface area contributed by atoms with Crippen molar-refractivity contribution in [2.24, 2.45) is 11.3 Å². The molecule has 3 aromatic rings. The molecule has 2 aromatic carbocycles. The molecule has 1 heterocycles. The van der Waals surface area contributed by atoms with Crippen LogP contribution in [-0.4, -0.2) is 23.4 Å². The molecule has 180 valence electrons. The van der Waals surface area contributed by atoms with E-state index in [1.165, 1.54) is 31.9 Å². The predicted molar refractivity (Wildman–Crippen MR) is 138 cm³/mol. The van der Waals surface area contributed by atoms with E-state index in [9.17, 15) is 9.59 Å². The molecule has 0 radical (unpaired) electrons. The van der Waals surface area contributed by atoms with Crippen LogP contribution in [0.5, 0.6) is 0 Å². The molecule has 1 saturated carbocycles. The van der Waals surface area contributed by atoms with Gasteiger partial charge in [0.25, 0.3) is 0 Å². The lowest BCUT2D eigenvalue weighted by molar-refractivity contribution is -0.150. The minimum absolute atomic E-state index is 0.0398. The highest BCUT2D eigenvalue weighted by molar-refractivity contribution is 6.30. The number of hydrogen-bond donors (Lipinski definition) is 0. The first-order valence-corrected chi connectivity index (χ1v) is 12.5. The number of aromatic nitrogens is 1. The van der Waals surface area contributed by atoms with Crippen LogP contribution < -0.4 is 0 Å². The van der Waals surface area contributed by atoms with Crippen LogP contribution >= 0.6 is 11.6 Å². The molecule has 1 aliphatic carbocycles. The molecule has 4 rings (SSSR count). The van der Waals surface area contributed by atoms with Gasteiger partial charge in [-0.2, -0.15) is 0 Å². The molecule has 0 saturated heterocycles. The van der Waals surface area contributed by atoms with Crippen molar-refractivity contribution in [2.45, 2.75) is 65.8 Å². The van der Waals surface area contributed by atoms with E-state index in [0.29, 0.717) is 34.4 Å². The van der Waals surface area contributed by atoms with Crippen LogP contribution in [0.1, 0.15) is 80.1 Å². The first-order chi connectivity index (χ1) is 16.1. The molecule has 4 nitrogen and oxygen atoms in total. The number of carbonyl (C=O) groups is 2. The second-order valence-corrected chi connectivity index (χ2v) is 11.0. The summed E-state index contributed by atoms with van der Waals surface area (Å²) in [4.78, 5) is 26.6. The summed E-state index contributed by atoms with van der Waals surface area (Å²) in [5, 5.41) is 1.54. The van der Waals surface area contributed by atoms with E-state index in [2.05, 4.69) is 36.6 Å². The summed E-state index contributed by atoms with van der Waals surface area (Å²) in [6.45, 7) is 9.00. The van der Waals surface area contributed by atoms with Crippen molar-refractivity contribution >= 4 is 34.3 Å². The second kappa shape index (κ2) is 9.58. The molecule has 0 bridgehead atoms. The Bertz CT molecular complexity index is 1220. The van der Waals surface area contributed by atoms with Gasteiger partial charge in [-0.15, -0.1) is 0 Å². The van der Waals surface area contributed by atoms with Crippen molar-refractivity contribution in [3.63, 3.8) is 0 Å². The molecule has 0 spiro atoms. The summed E-state index contributed by atoms with van der Waals surface area (Å²) >= 11 is 6.09. The van der Waals surface area contributed by atoms with Gasteiger partial charge >= 0.3 is 5.97 Å². The summed E-state index contributed by atoms with van der Waals surface area (Å²) in [5.41, 5.74) is 3.74. The van der Waals surface area contributed by atoms with Crippen LogP contribution in [0.25, 0.3) is 10.9 Å². The van der Waals surface area contributed by atoms with Crippen LogP contribution in [-0.2, 0) is 22.5 Å².